The van der Waals surface area contributed by atoms with Gasteiger partial charge in [-0.25, -0.2) is 4.39 Å². The second kappa shape index (κ2) is 2.55. The second-order valence-electron chi connectivity index (χ2n) is 2.62. The topological polar surface area (TPSA) is 38.4 Å². The number of hydrogen-bond donors (Lipinski definition) is 1. The Morgan fingerprint density at radius 1 is 1.50 bits per heavy atom. The lowest BCUT2D eigenvalue weighted by atomic mass is 10.1. The zero-order valence-corrected chi connectivity index (χ0v) is 7.73. The van der Waals surface area contributed by atoms with E-state index in [0.29, 0.717) is 16.9 Å². The molecular formula is C8H6BrFN2. The Bertz CT molecular complexity index is 374. The van der Waals surface area contributed by atoms with E-state index in [4.69, 9.17) is 5.73 Å². The lowest BCUT2D eigenvalue weighted by Crippen LogP contribution is -2.11. The molecule has 1 heterocycles. The van der Waals surface area contributed by atoms with E-state index < -0.39 is 0 Å². The molecule has 1 aliphatic heterocycles. The molecule has 0 unspecified atom stereocenters. The first-order valence-electron chi connectivity index (χ1n) is 3.46. The largest absolute Gasteiger partial charge is 0.383 e. The van der Waals surface area contributed by atoms with Gasteiger partial charge in [0.15, 0.2) is 0 Å². The molecule has 0 fully saturated rings. The van der Waals surface area contributed by atoms with Crippen LogP contribution in [-0.4, -0.2) is 5.84 Å². The Labute approximate surface area is 77.4 Å². The summed E-state index contributed by atoms with van der Waals surface area (Å²) in [6, 6.07) is 2.86. The van der Waals surface area contributed by atoms with Crippen LogP contribution in [0, 0.1) is 5.82 Å². The zero-order valence-electron chi connectivity index (χ0n) is 6.14. The monoisotopic (exact) mass is 228 g/mol. The van der Waals surface area contributed by atoms with Crippen molar-refractivity contribution in [1.82, 2.24) is 0 Å². The molecule has 0 aromatic heterocycles. The summed E-state index contributed by atoms with van der Waals surface area (Å²) in [4.78, 5) is 4.00. The molecular weight excluding hydrogens is 223 g/mol. The fourth-order valence-corrected chi connectivity index (χ4v) is 1.96. The second-order valence-corrected chi connectivity index (χ2v) is 3.48. The Kier molecular flexibility index (Phi) is 1.65. The number of hydrogen-bond acceptors (Lipinski definition) is 2. The first kappa shape index (κ1) is 7.73. The average molecular weight is 229 g/mol. The summed E-state index contributed by atoms with van der Waals surface area (Å²) in [7, 11) is 0. The summed E-state index contributed by atoms with van der Waals surface area (Å²) in [6.07, 6.45) is 0. The smallest absolute Gasteiger partial charge is 0.127 e. The Morgan fingerprint density at radius 2 is 2.25 bits per heavy atom. The molecule has 0 spiro atoms. The number of aliphatic imine (C=N–C) groups is 1. The van der Waals surface area contributed by atoms with Crippen LogP contribution in [0.3, 0.4) is 0 Å². The minimum absolute atomic E-state index is 0.259. The Balaban J connectivity index is 2.67. The molecule has 1 aromatic rings. The number of benzene rings is 1. The lowest BCUT2D eigenvalue weighted by molar-refractivity contribution is 0.625. The molecule has 0 saturated heterocycles. The predicted molar refractivity (Wildman–Crippen MR) is 48.5 cm³/mol. The number of amidine groups is 1. The van der Waals surface area contributed by atoms with Crippen LogP contribution in [0.2, 0.25) is 0 Å². The van der Waals surface area contributed by atoms with Gasteiger partial charge in [0.1, 0.15) is 11.7 Å². The molecule has 0 amide bonds. The molecule has 1 aliphatic rings. The van der Waals surface area contributed by atoms with Crippen LogP contribution >= 0.6 is 15.9 Å². The van der Waals surface area contributed by atoms with Crippen LogP contribution in [0.25, 0.3) is 0 Å². The maximum absolute atomic E-state index is 12.8. The first-order chi connectivity index (χ1) is 5.68. The minimum atomic E-state index is -0.259. The van der Waals surface area contributed by atoms with Crippen LogP contribution in [-0.2, 0) is 6.54 Å². The van der Waals surface area contributed by atoms with Gasteiger partial charge in [-0.2, -0.15) is 0 Å². The van der Waals surface area contributed by atoms with Crippen molar-refractivity contribution < 1.29 is 4.39 Å². The molecule has 0 radical (unpaired) electrons. The van der Waals surface area contributed by atoms with E-state index >= 15 is 0 Å². The Morgan fingerprint density at radius 3 is 3.00 bits per heavy atom. The summed E-state index contributed by atoms with van der Waals surface area (Å²) in [5, 5.41) is 0. The predicted octanol–water partition coefficient (Wildman–Crippen LogP) is 1.81. The van der Waals surface area contributed by atoms with Gasteiger partial charge in [-0.3, -0.25) is 4.99 Å². The molecule has 0 atom stereocenters. The van der Waals surface area contributed by atoms with Crippen molar-refractivity contribution in [3.63, 3.8) is 0 Å². The van der Waals surface area contributed by atoms with Crippen LogP contribution < -0.4 is 5.73 Å². The lowest BCUT2D eigenvalue weighted by Gasteiger charge is -2.01. The third-order valence-corrected chi connectivity index (χ3v) is 2.44. The van der Waals surface area contributed by atoms with Gasteiger partial charge in [0.25, 0.3) is 0 Å². The molecule has 1 aromatic carbocycles. The van der Waals surface area contributed by atoms with E-state index in [1.165, 1.54) is 12.1 Å². The summed E-state index contributed by atoms with van der Waals surface area (Å²) >= 11 is 3.24. The summed E-state index contributed by atoms with van der Waals surface area (Å²) in [5.41, 5.74) is 7.27. The summed E-state index contributed by atoms with van der Waals surface area (Å²) in [6.45, 7) is 0.484. The highest BCUT2D eigenvalue weighted by atomic mass is 79.9. The zero-order chi connectivity index (χ0) is 8.72. The van der Waals surface area contributed by atoms with Crippen LogP contribution in [0.1, 0.15) is 11.1 Å². The maximum atomic E-state index is 12.8. The third kappa shape index (κ3) is 1.03. The maximum Gasteiger partial charge on any atom is 0.127 e. The number of fused-ring (bicyclic) bond motifs is 1. The van der Waals surface area contributed by atoms with Gasteiger partial charge in [-0.1, -0.05) is 0 Å². The van der Waals surface area contributed by atoms with Gasteiger partial charge >= 0.3 is 0 Å². The minimum Gasteiger partial charge on any atom is -0.383 e. The molecule has 2 rings (SSSR count). The van der Waals surface area contributed by atoms with Gasteiger partial charge in [0.2, 0.25) is 0 Å². The molecule has 62 valence electrons. The van der Waals surface area contributed by atoms with Crippen molar-refractivity contribution in [1.29, 1.82) is 0 Å². The fraction of sp³-hybridized carbons (Fsp3) is 0.125. The van der Waals surface area contributed by atoms with Crippen molar-refractivity contribution in [2.75, 3.05) is 0 Å². The van der Waals surface area contributed by atoms with Gasteiger partial charge in [-0.05, 0) is 33.6 Å². The molecule has 2 nitrogen and oxygen atoms in total. The van der Waals surface area contributed by atoms with Crippen molar-refractivity contribution in [3.8, 4) is 0 Å². The van der Waals surface area contributed by atoms with Crippen LogP contribution in [0.5, 0.6) is 0 Å². The molecule has 0 saturated carbocycles. The first-order valence-corrected chi connectivity index (χ1v) is 4.26. The molecule has 0 bridgehead atoms. The molecule has 2 N–H and O–H groups in total. The van der Waals surface area contributed by atoms with Crippen LogP contribution in [0.15, 0.2) is 21.6 Å². The van der Waals surface area contributed by atoms with E-state index in [-0.39, 0.29) is 5.82 Å². The summed E-state index contributed by atoms with van der Waals surface area (Å²) < 4.78 is 13.5. The van der Waals surface area contributed by atoms with E-state index in [1.54, 1.807) is 0 Å². The molecule has 12 heavy (non-hydrogen) atoms. The van der Waals surface area contributed by atoms with E-state index in [2.05, 4.69) is 20.9 Å². The number of halogens is 2. The molecule has 0 aliphatic carbocycles. The summed E-state index contributed by atoms with van der Waals surface area (Å²) in [5.74, 6) is 0.224. The van der Waals surface area contributed by atoms with Crippen LogP contribution in [0.4, 0.5) is 4.39 Å². The van der Waals surface area contributed by atoms with Gasteiger partial charge in [0.05, 0.1) is 6.54 Å². The third-order valence-electron chi connectivity index (χ3n) is 1.81. The van der Waals surface area contributed by atoms with Crippen molar-refractivity contribution in [2.45, 2.75) is 6.54 Å². The SMILES string of the molecule is NC1=NCc2cc(F)cc(Br)c21. The average Bonchev–Trinajstić information content (AvgIpc) is 2.31. The number of nitrogens with two attached hydrogens (primary N) is 1. The standard InChI is InChI=1S/C8H6BrFN2/c9-6-2-5(10)1-4-3-12-8(11)7(4)6/h1-2H,3H2,(H2,11,12). The highest BCUT2D eigenvalue weighted by molar-refractivity contribution is 9.10. The van der Waals surface area contributed by atoms with Gasteiger partial charge < -0.3 is 5.73 Å². The fourth-order valence-electron chi connectivity index (χ4n) is 1.29. The van der Waals surface area contributed by atoms with E-state index in [0.717, 1.165) is 11.1 Å². The van der Waals surface area contributed by atoms with Gasteiger partial charge in [-0.15, -0.1) is 0 Å². The van der Waals surface area contributed by atoms with Gasteiger partial charge in [0, 0.05) is 10.0 Å². The van der Waals surface area contributed by atoms with Crippen molar-refractivity contribution in [3.05, 3.63) is 33.5 Å². The highest BCUT2D eigenvalue weighted by Gasteiger charge is 2.17. The van der Waals surface area contributed by atoms with Crippen molar-refractivity contribution in [2.24, 2.45) is 10.7 Å². The molecule has 4 heteroatoms. The number of rotatable bonds is 0. The highest BCUT2D eigenvalue weighted by Crippen LogP contribution is 2.26. The van der Waals surface area contributed by atoms with E-state index in [9.17, 15) is 4.39 Å². The van der Waals surface area contributed by atoms with Crippen molar-refractivity contribution >= 4 is 21.8 Å². The normalized spacial score (nSPS) is 14.3. The Hall–Kier alpha value is -0.900. The number of nitrogens with zero attached hydrogens (tertiary/aromatic N) is 1. The quantitative estimate of drug-likeness (QED) is 0.723. The van der Waals surface area contributed by atoms with E-state index in [1.807, 2.05) is 0 Å².